The summed E-state index contributed by atoms with van der Waals surface area (Å²) < 4.78 is 7.47. The van der Waals surface area contributed by atoms with Crippen molar-refractivity contribution in [2.75, 3.05) is 51.3 Å². The van der Waals surface area contributed by atoms with Crippen LogP contribution in [0.4, 0.5) is 5.82 Å². The van der Waals surface area contributed by atoms with E-state index in [0.717, 1.165) is 61.8 Å². The Balaban J connectivity index is 1.70. The second kappa shape index (κ2) is 12.8. The maximum atomic E-state index is 13.5. The zero-order chi connectivity index (χ0) is 28.1. The SMILES string of the molecule is CCCn1c(N2CCN(CC)CC2)c(C=C2SC(=S)N(CCc3ccc(OC)cc3)C2=O)c(C)c(C#N)c1=O. The summed E-state index contributed by atoms with van der Waals surface area (Å²) in [5, 5.41) is 9.88. The smallest absolute Gasteiger partial charge is 0.270 e. The molecule has 0 aliphatic carbocycles. The van der Waals surface area contributed by atoms with Gasteiger partial charge in [0.25, 0.3) is 11.5 Å². The fourth-order valence-electron chi connectivity index (χ4n) is 5.05. The monoisotopic (exact) mass is 565 g/mol. The predicted molar refractivity (Wildman–Crippen MR) is 161 cm³/mol. The van der Waals surface area contributed by atoms with Gasteiger partial charge in [0.05, 0.1) is 12.0 Å². The number of rotatable bonds is 9. The Morgan fingerprint density at radius 1 is 1.10 bits per heavy atom. The number of hydrogen-bond donors (Lipinski definition) is 0. The van der Waals surface area contributed by atoms with Gasteiger partial charge in [0.2, 0.25) is 0 Å². The molecule has 0 atom stereocenters. The van der Waals surface area contributed by atoms with Crippen LogP contribution in [-0.2, 0) is 17.8 Å². The molecule has 3 heterocycles. The number of anilines is 1. The number of nitrogens with zero attached hydrogens (tertiary/aromatic N) is 5. The fraction of sp³-hybridized carbons (Fsp3) is 0.448. The van der Waals surface area contributed by atoms with Crippen molar-refractivity contribution in [3.8, 4) is 11.8 Å². The molecule has 10 heteroatoms. The van der Waals surface area contributed by atoms with Gasteiger partial charge in [-0.15, -0.1) is 0 Å². The molecule has 206 valence electrons. The lowest BCUT2D eigenvalue weighted by Crippen LogP contribution is -2.48. The van der Waals surface area contributed by atoms with E-state index >= 15 is 0 Å². The van der Waals surface area contributed by atoms with Crippen LogP contribution in [0.1, 0.15) is 42.5 Å². The van der Waals surface area contributed by atoms with Crippen molar-refractivity contribution in [1.29, 1.82) is 5.26 Å². The molecule has 2 aliphatic heterocycles. The van der Waals surface area contributed by atoms with Gasteiger partial charge in [0, 0.05) is 44.8 Å². The van der Waals surface area contributed by atoms with Crippen molar-refractivity contribution >= 4 is 46.1 Å². The number of methoxy groups -OCH3 is 1. The van der Waals surface area contributed by atoms with Crippen LogP contribution < -0.4 is 15.2 Å². The minimum absolute atomic E-state index is 0.126. The van der Waals surface area contributed by atoms with Gasteiger partial charge in [0.1, 0.15) is 27.5 Å². The zero-order valence-electron chi connectivity index (χ0n) is 23.0. The normalized spacial score (nSPS) is 17.3. The highest BCUT2D eigenvalue weighted by Gasteiger charge is 2.33. The highest BCUT2D eigenvalue weighted by Crippen LogP contribution is 2.36. The Labute approximate surface area is 239 Å². The third-order valence-corrected chi connectivity index (χ3v) is 8.72. The summed E-state index contributed by atoms with van der Waals surface area (Å²) in [7, 11) is 1.63. The van der Waals surface area contributed by atoms with E-state index in [9.17, 15) is 14.9 Å². The number of benzene rings is 1. The Kier molecular flexibility index (Phi) is 9.49. The molecule has 8 nitrogen and oxygen atoms in total. The number of piperazine rings is 1. The lowest BCUT2D eigenvalue weighted by atomic mass is 10.0. The third kappa shape index (κ3) is 6.06. The standard InChI is InChI=1S/C29H35N5O3S2/c1-5-12-33-26(32-16-14-31(6-2)15-17-32)23(20(3)24(19-30)27(33)35)18-25-28(36)34(29(38)39-25)13-11-21-7-9-22(37-4)10-8-21/h7-10,18H,5-6,11-17H2,1-4H3. The van der Waals surface area contributed by atoms with Gasteiger partial charge in [-0.05, 0) is 55.6 Å². The molecule has 2 saturated heterocycles. The van der Waals surface area contributed by atoms with Gasteiger partial charge >= 0.3 is 0 Å². The van der Waals surface area contributed by atoms with Crippen molar-refractivity contribution in [3.63, 3.8) is 0 Å². The highest BCUT2D eigenvalue weighted by atomic mass is 32.2. The summed E-state index contributed by atoms with van der Waals surface area (Å²) >= 11 is 6.88. The first-order chi connectivity index (χ1) is 18.8. The van der Waals surface area contributed by atoms with Gasteiger partial charge in [-0.25, -0.2) is 0 Å². The molecule has 0 spiro atoms. The minimum Gasteiger partial charge on any atom is -0.497 e. The van der Waals surface area contributed by atoms with E-state index in [1.54, 1.807) is 23.5 Å². The van der Waals surface area contributed by atoms with E-state index in [1.807, 2.05) is 37.3 Å². The molecule has 1 aromatic carbocycles. The summed E-state index contributed by atoms with van der Waals surface area (Å²) in [6.07, 6.45) is 3.26. The van der Waals surface area contributed by atoms with Gasteiger partial charge in [-0.1, -0.05) is 50.0 Å². The largest absolute Gasteiger partial charge is 0.497 e. The lowest BCUT2D eigenvalue weighted by Gasteiger charge is -2.37. The summed E-state index contributed by atoms with van der Waals surface area (Å²) in [5.74, 6) is 1.43. The number of pyridine rings is 1. The van der Waals surface area contributed by atoms with E-state index in [1.165, 1.54) is 11.8 Å². The molecule has 4 rings (SSSR count). The molecular weight excluding hydrogens is 530 g/mol. The Morgan fingerprint density at radius 3 is 2.38 bits per heavy atom. The van der Waals surface area contributed by atoms with E-state index in [-0.39, 0.29) is 17.0 Å². The lowest BCUT2D eigenvalue weighted by molar-refractivity contribution is -0.122. The second-order valence-corrected chi connectivity index (χ2v) is 11.3. The minimum atomic E-state index is -0.269. The van der Waals surface area contributed by atoms with E-state index < -0.39 is 0 Å². The molecule has 39 heavy (non-hydrogen) atoms. The Bertz CT molecular complexity index is 1370. The summed E-state index contributed by atoms with van der Waals surface area (Å²) in [6.45, 7) is 11.2. The van der Waals surface area contributed by atoms with Crippen molar-refractivity contribution in [3.05, 3.63) is 61.8 Å². The summed E-state index contributed by atoms with van der Waals surface area (Å²) in [5.41, 5.74) is 2.30. The molecule has 1 aromatic heterocycles. The predicted octanol–water partition coefficient (Wildman–Crippen LogP) is 4.03. The Morgan fingerprint density at radius 2 is 1.79 bits per heavy atom. The first-order valence-corrected chi connectivity index (χ1v) is 14.6. The van der Waals surface area contributed by atoms with Crippen LogP contribution in [0.15, 0.2) is 34.0 Å². The van der Waals surface area contributed by atoms with Gasteiger partial charge < -0.3 is 14.5 Å². The van der Waals surface area contributed by atoms with Crippen molar-refractivity contribution in [1.82, 2.24) is 14.4 Å². The number of carbonyl (C=O) groups excluding carboxylic acids is 1. The molecule has 2 fully saturated rings. The average Bonchev–Trinajstić information content (AvgIpc) is 3.22. The number of ether oxygens (including phenoxy) is 1. The van der Waals surface area contributed by atoms with E-state index in [0.29, 0.717) is 34.3 Å². The van der Waals surface area contributed by atoms with Crippen molar-refractivity contribution in [2.24, 2.45) is 0 Å². The number of hydrogen-bond acceptors (Lipinski definition) is 8. The Hall–Kier alpha value is -3.13. The highest BCUT2D eigenvalue weighted by molar-refractivity contribution is 8.26. The molecule has 0 bridgehead atoms. The van der Waals surface area contributed by atoms with Gasteiger partial charge in [-0.3, -0.25) is 19.1 Å². The van der Waals surface area contributed by atoms with Gasteiger partial charge in [0.15, 0.2) is 0 Å². The first-order valence-electron chi connectivity index (χ1n) is 13.4. The van der Waals surface area contributed by atoms with Crippen LogP contribution in [0.5, 0.6) is 5.75 Å². The number of nitriles is 1. The topological polar surface area (TPSA) is 81.8 Å². The summed E-state index contributed by atoms with van der Waals surface area (Å²) in [6, 6.07) is 9.91. The average molecular weight is 566 g/mol. The second-order valence-electron chi connectivity index (χ2n) is 9.66. The van der Waals surface area contributed by atoms with Crippen LogP contribution in [0.3, 0.4) is 0 Å². The van der Waals surface area contributed by atoms with Crippen LogP contribution in [0.2, 0.25) is 0 Å². The molecular formula is C29H35N5O3S2. The number of carbonyl (C=O) groups is 1. The van der Waals surface area contributed by atoms with Crippen LogP contribution in [0, 0.1) is 18.3 Å². The quantitative estimate of drug-likeness (QED) is 0.333. The van der Waals surface area contributed by atoms with Crippen molar-refractivity contribution < 1.29 is 9.53 Å². The maximum absolute atomic E-state index is 13.5. The van der Waals surface area contributed by atoms with Gasteiger partial charge in [-0.2, -0.15) is 5.26 Å². The maximum Gasteiger partial charge on any atom is 0.270 e. The van der Waals surface area contributed by atoms with Crippen LogP contribution in [0.25, 0.3) is 6.08 Å². The van der Waals surface area contributed by atoms with E-state index in [4.69, 9.17) is 17.0 Å². The first kappa shape index (κ1) is 28.9. The zero-order valence-corrected chi connectivity index (χ0v) is 24.7. The number of likely N-dealkylation sites (N-methyl/N-ethyl adjacent to an activating group) is 1. The molecule has 0 saturated carbocycles. The number of amides is 1. The van der Waals surface area contributed by atoms with E-state index in [2.05, 4.69) is 22.8 Å². The van der Waals surface area contributed by atoms with Crippen LogP contribution >= 0.6 is 24.0 Å². The molecule has 0 unspecified atom stereocenters. The molecule has 2 aliphatic rings. The number of thiocarbonyl (C=S) groups is 1. The molecule has 0 radical (unpaired) electrons. The fourth-order valence-corrected chi connectivity index (χ4v) is 6.34. The number of aromatic nitrogens is 1. The molecule has 0 N–H and O–H groups in total. The number of thioether (sulfide) groups is 1. The van der Waals surface area contributed by atoms with Crippen molar-refractivity contribution in [2.45, 2.75) is 40.2 Å². The summed E-state index contributed by atoms with van der Waals surface area (Å²) in [4.78, 5) is 33.7. The molecule has 2 aromatic rings. The third-order valence-electron chi connectivity index (χ3n) is 7.34. The molecule has 1 amide bonds. The van der Waals surface area contributed by atoms with Crippen LogP contribution in [-0.4, -0.2) is 71.0 Å².